The zero-order valence-corrected chi connectivity index (χ0v) is 19.9. The smallest absolute Gasteiger partial charge is 0.380 e. The number of nitrogens with zero attached hydrogens (tertiary/aromatic N) is 3. The first-order chi connectivity index (χ1) is 15.6. The zero-order chi connectivity index (χ0) is 24.2. The van der Waals surface area contributed by atoms with E-state index >= 15 is 0 Å². The Balaban J connectivity index is 1.44. The largest absolute Gasteiger partial charge is 0.389 e. The van der Waals surface area contributed by atoms with Gasteiger partial charge in [0.25, 0.3) is 5.91 Å². The summed E-state index contributed by atoms with van der Waals surface area (Å²) in [6.45, 7) is 5.37. The molecule has 0 saturated carbocycles. The molecule has 0 aliphatic carbocycles. The van der Waals surface area contributed by atoms with E-state index in [4.69, 9.17) is 11.6 Å². The second-order valence-electron chi connectivity index (χ2n) is 8.90. The zero-order valence-electron chi connectivity index (χ0n) is 19.1. The summed E-state index contributed by atoms with van der Waals surface area (Å²) < 4.78 is 36.9. The Bertz CT molecular complexity index is 837. The summed E-state index contributed by atoms with van der Waals surface area (Å²) in [5, 5.41) is 3.70. The van der Waals surface area contributed by atoms with Crippen LogP contribution in [0.15, 0.2) is 18.2 Å². The van der Waals surface area contributed by atoms with Crippen LogP contribution in [0.1, 0.15) is 49.4 Å². The maximum atomic E-state index is 12.5. The number of rotatable bonds is 8. The highest BCUT2D eigenvalue weighted by Crippen LogP contribution is 2.27. The number of carbonyl (C=O) groups is 2. The summed E-state index contributed by atoms with van der Waals surface area (Å²) in [5.41, 5.74) is 1.09. The van der Waals surface area contributed by atoms with Crippen molar-refractivity contribution in [2.75, 3.05) is 45.1 Å². The Kier molecular flexibility index (Phi) is 8.50. The fraction of sp³-hybridized carbons (Fsp3) is 0.652. The van der Waals surface area contributed by atoms with Gasteiger partial charge in [-0.25, -0.2) is 0 Å². The lowest BCUT2D eigenvalue weighted by atomic mass is 9.97. The number of anilines is 1. The van der Waals surface area contributed by atoms with Gasteiger partial charge in [0.1, 0.15) is 0 Å². The van der Waals surface area contributed by atoms with Crippen LogP contribution in [0.2, 0.25) is 5.02 Å². The number of piperidine rings is 1. The summed E-state index contributed by atoms with van der Waals surface area (Å²) in [5.74, 6) is -0.167. The summed E-state index contributed by atoms with van der Waals surface area (Å²) >= 11 is 6.31. The predicted octanol–water partition coefficient (Wildman–Crippen LogP) is 4.25. The normalized spacial score (nSPS) is 18.2. The molecule has 2 heterocycles. The van der Waals surface area contributed by atoms with E-state index in [1.165, 1.54) is 11.9 Å². The molecule has 2 saturated heterocycles. The molecule has 1 aromatic rings. The summed E-state index contributed by atoms with van der Waals surface area (Å²) in [6.07, 6.45) is -2.74. The Morgan fingerprint density at radius 2 is 1.88 bits per heavy atom. The molecular formula is C23H32ClF3N4O2. The summed E-state index contributed by atoms with van der Waals surface area (Å²) in [4.78, 5) is 30.0. The molecule has 184 valence electrons. The minimum absolute atomic E-state index is 0.0120. The van der Waals surface area contributed by atoms with Crippen LogP contribution >= 0.6 is 11.6 Å². The Labute approximate surface area is 198 Å². The van der Waals surface area contributed by atoms with Gasteiger partial charge in [-0.15, -0.1) is 0 Å². The third-order valence-corrected chi connectivity index (χ3v) is 6.73. The molecule has 1 N–H and O–H groups in total. The third-order valence-electron chi connectivity index (χ3n) is 6.42. The number of halogens is 4. The molecule has 0 bridgehead atoms. The lowest BCUT2D eigenvalue weighted by molar-refractivity contribution is -0.136. The fourth-order valence-corrected chi connectivity index (χ4v) is 4.71. The second-order valence-corrected chi connectivity index (χ2v) is 9.31. The summed E-state index contributed by atoms with van der Waals surface area (Å²) in [6, 6.07) is 5.86. The standard InChI is InChI=1S/C23H32ClF3N4O2/c1-3-21(32)30-11-7-18(8-12-30)31-14-17(15-31)28-16-5-6-19(20(24)13-16)22(33)29(2)10-4-9-23(25,26)27/h5-6,13,17-18,28H,3-4,7-12,14-15H2,1-2H3. The molecule has 2 amide bonds. The van der Waals surface area contributed by atoms with Crippen molar-refractivity contribution in [1.29, 1.82) is 0 Å². The van der Waals surface area contributed by atoms with E-state index in [1.807, 2.05) is 11.8 Å². The molecule has 3 rings (SSSR count). The van der Waals surface area contributed by atoms with Crippen LogP contribution in [-0.2, 0) is 4.79 Å². The first-order valence-electron chi connectivity index (χ1n) is 11.5. The number of hydrogen-bond acceptors (Lipinski definition) is 4. The quantitative estimate of drug-likeness (QED) is 0.594. The van der Waals surface area contributed by atoms with Crippen LogP contribution in [-0.4, -0.2) is 84.5 Å². The monoisotopic (exact) mass is 488 g/mol. The SMILES string of the molecule is CCC(=O)N1CCC(N2CC(Nc3ccc(C(=O)N(C)CCCC(F)(F)F)c(Cl)c3)C2)CC1. The third kappa shape index (κ3) is 6.99. The van der Waals surface area contributed by atoms with E-state index in [2.05, 4.69) is 10.2 Å². The van der Waals surface area contributed by atoms with Crippen LogP contribution < -0.4 is 5.32 Å². The Morgan fingerprint density at radius 3 is 2.45 bits per heavy atom. The Hall–Kier alpha value is -2.00. The van der Waals surface area contributed by atoms with Crippen LogP contribution in [0.5, 0.6) is 0 Å². The van der Waals surface area contributed by atoms with Gasteiger partial charge in [-0.1, -0.05) is 18.5 Å². The van der Waals surface area contributed by atoms with Crippen molar-refractivity contribution in [2.24, 2.45) is 0 Å². The van der Waals surface area contributed by atoms with E-state index in [9.17, 15) is 22.8 Å². The van der Waals surface area contributed by atoms with Crippen LogP contribution in [0.25, 0.3) is 0 Å². The molecule has 1 aromatic carbocycles. The second kappa shape index (κ2) is 11.0. The van der Waals surface area contributed by atoms with Gasteiger partial charge >= 0.3 is 6.18 Å². The maximum Gasteiger partial charge on any atom is 0.389 e. The molecule has 2 aliphatic rings. The van der Waals surface area contributed by atoms with E-state index in [0.717, 1.165) is 44.7 Å². The van der Waals surface area contributed by atoms with Crippen molar-refractivity contribution >= 4 is 29.1 Å². The molecule has 2 fully saturated rings. The number of alkyl halides is 3. The van der Waals surface area contributed by atoms with Crippen molar-refractivity contribution in [1.82, 2.24) is 14.7 Å². The first-order valence-corrected chi connectivity index (χ1v) is 11.8. The molecule has 0 radical (unpaired) electrons. The van der Waals surface area contributed by atoms with Gasteiger partial charge in [-0.3, -0.25) is 14.5 Å². The van der Waals surface area contributed by atoms with Crippen LogP contribution in [0.4, 0.5) is 18.9 Å². The number of amides is 2. The molecular weight excluding hydrogens is 457 g/mol. The summed E-state index contributed by atoms with van der Waals surface area (Å²) in [7, 11) is 1.48. The lowest BCUT2D eigenvalue weighted by Gasteiger charge is -2.47. The minimum Gasteiger partial charge on any atom is -0.380 e. The van der Waals surface area contributed by atoms with E-state index in [-0.39, 0.29) is 35.5 Å². The van der Waals surface area contributed by atoms with Crippen LogP contribution in [0, 0.1) is 0 Å². The average Bonchev–Trinajstić information content (AvgIpc) is 2.74. The van der Waals surface area contributed by atoms with Gasteiger partial charge in [-0.2, -0.15) is 13.2 Å². The number of hydrogen-bond donors (Lipinski definition) is 1. The Morgan fingerprint density at radius 1 is 1.21 bits per heavy atom. The number of carbonyl (C=O) groups excluding carboxylic acids is 2. The molecule has 0 unspecified atom stereocenters. The number of benzene rings is 1. The van der Waals surface area contributed by atoms with Gasteiger partial charge in [0.05, 0.1) is 16.6 Å². The topological polar surface area (TPSA) is 55.9 Å². The van der Waals surface area contributed by atoms with Crippen molar-refractivity contribution < 1.29 is 22.8 Å². The predicted molar refractivity (Wildman–Crippen MR) is 123 cm³/mol. The van der Waals surface area contributed by atoms with Gasteiger partial charge in [0.2, 0.25) is 5.91 Å². The maximum absolute atomic E-state index is 12.5. The number of likely N-dealkylation sites (tertiary alicyclic amines) is 2. The number of nitrogens with one attached hydrogen (secondary N) is 1. The molecule has 0 aromatic heterocycles. The molecule has 0 spiro atoms. The van der Waals surface area contributed by atoms with Gasteiger partial charge in [-0.05, 0) is 37.5 Å². The van der Waals surface area contributed by atoms with Crippen molar-refractivity contribution in [3.63, 3.8) is 0 Å². The van der Waals surface area contributed by atoms with Gasteiger partial charge in [0, 0.05) is 64.3 Å². The highest BCUT2D eigenvalue weighted by Gasteiger charge is 2.34. The molecule has 6 nitrogen and oxygen atoms in total. The molecule has 0 atom stereocenters. The van der Waals surface area contributed by atoms with Crippen LogP contribution in [0.3, 0.4) is 0 Å². The van der Waals surface area contributed by atoms with E-state index < -0.39 is 18.5 Å². The highest BCUT2D eigenvalue weighted by atomic mass is 35.5. The van der Waals surface area contributed by atoms with Gasteiger partial charge in [0.15, 0.2) is 0 Å². The fourth-order valence-electron chi connectivity index (χ4n) is 4.44. The van der Waals surface area contributed by atoms with Crippen molar-refractivity contribution in [2.45, 2.75) is 57.3 Å². The molecule has 10 heteroatoms. The van der Waals surface area contributed by atoms with Gasteiger partial charge < -0.3 is 15.1 Å². The van der Waals surface area contributed by atoms with Crippen molar-refractivity contribution in [3.8, 4) is 0 Å². The molecule has 2 aliphatic heterocycles. The first kappa shape index (κ1) is 25.6. The van der Waals surface area contributed by atoms with E-state index in [1.54, 1.807) is 18.2 Å². The lowest BCUT2D eigenvalue weighted by Crippen LogP contribution is -2.60. The minimum atomic E-state index is -4.22. The van der Waals surface area contributed by atoms with E-state index in [0.29, 0.717) is 12.5 Å². The van der Waals surface area contributed by atoms with Crippen molar-refractivity contribution in [3.05, 3.63) is 28.8 Å². The molecule has 33 heavy (non-hydrogen) atoms. The average molecular weight is 489 g/mol. The highest BCUT2D eigenvalue weighted by molar-refractivity contribution is 6.34.